The monoisotopic (exact) mass is 396 g/mol. The van der Waals surface area contributed by atoms with E-state index in [1.165, 1.54) is 0 Å². The van der Waals surface area contributed by atoms with Gasteiger partial charge in [-0.25, -0.2) is 4.79 Å². The number of β-amino-alcohol motifs (C(OH)–C–C–N with tert-alkyl or cyclic N) is 1. The van der Waals surface area contributed by atoms with Gasteiger partial charge in [0.15, 0.2) is 0 Å². The summed E-state index contributed by atoms with van der Waals surface area (Å²) in [5.74, 6) is 0.666. The number of nitrogens with zero attached hydrogens (tertiary/aromatic N) is 1. The Morgan fingerprint density at radius 2 is 1.76 bits per heavy atom. The van der Waals surface area contributed by atoms with Crippen LogP contribution in [-0.4, -0.2) is 41.2 Å². The molecule has 2 aromatic carbocycles. The maximum atomic E-state index is 13.0. The average molecular weight is 396 g/mol. The second kappa shape index (κ2) is 8.25. The molecule has 1 fully saturated rings. The molecule has 0 aromatic heterocycles. The van der Waals surface area contributed by atoms with Crippen LogP contribution >= 0.6 is 0 Å². The number of hydrogen-bond acceptors (Lipinski definition) is 4. The minimum atomic E-state index is -1.15. The maximum Gasteiger partial charge on any atom is 0.325 e. The van der Waals surface area contributed by atoms with Gasteiger partial charge < -0.3 is 15.2 Å². The standard InChI is InChI=1S/C23H28N2O4/c1-15(2)17-9-11-18(12-10-17)23(4)21(27)25(22(28)24-23)13-19(26)14-29-20-8-6-5-7-16(20)3/h5-12,15,19,26H,13-14H2,1-4H3,(H,24,28)/t19-,23-/m0/s1. The number of imide groups is 1. The Balaban J connectivity index is 1.67. The molecule has 0 saturated carbocycles. The Morgan fingerprint density at radius 3 is 2.38 bits per heavy atom. The van der Waals surface area contributed by atoms with Gasteiger partial charge in [0.1, 0.15) is 24.0 Å². The summed E-state index contributed by atoms with van der Waals surface area (Å²) in [6.45, 7) is 7.66. The molecule has 6 heteroatoms. The van der Waals surface area contributed by atoms with E-state index in [9.17, 15) is 14.7 Å². The molecule has 1 aliphatic heterocycles. The molecule has 29 heavy (non-hydrogen) atoms. The van der Waals surface area contributed by atoms with Crippen LogP contribution in [-0.2, 0) is 10.3 Å². The van der Waals surface area contributed by atoms with Gasteiger partial charge in [-0.1, -0.05) is 56.3 Å². The molecule has 2 N–H and O–H groups in total. The van der Waals surface area contributed by atoms with Gasteiger partial charge in [0, 0.05) is 0 Å². The zero-order valence-corrected chi connectivity index (χ0v) is 17.3. The Hall–Kier alpha value is -2.86. The lowest BCUT2D eigenvalue weighted by Gasteiger charge is -2.23. The first kappa shape index (κ1) is 20.9. The summed E-state index contributed by atoms with van der Waals surface area (Å²) < 4.78 is 5.63. The molecule has 0 unspecified atom stereocenters. The smallest absolute Gasteiger partial charge is 0.325 e. The van der Waals surface area contributed by atoms with Crippen molar-refractivity contribution in [3.8, 4) is 5.75 Å². The first-order valence-electron chi connectivity index (χ1n) is 9.83. The third kappa shape index (κ3) is 4.27. The summed E-state index contributed by atoms with van der Waals surface area (Å²) in [6, 6.07) is 14.6. The Bertz CT molecular complexity index is 894. The highest BCUT2D eigenvalue weighted by Crippen LogP contribution is 2.30. The molecule has 1 saturated heterocycles. The number of amides is 3. The van der Waals surface area contributed by atoms with Crippen LogP contribution in [0.5, 0.6) is 5.75 Å². The van der Waals surface area contributed by atoms with Crippen molar-refractivity contribution in [1.29, 1.82) is 0 Å². The van der Waals surface area contributed by atoms with Crippen LogP contribution in [0.4, 0.5) is 4.79 Å². The number of carbonyl (C=O) groups excluding carboxylic acids is 2. The van der Waals surface area contributed by atoms with Crippen molar-refractivity contribution >= 4 is 11.9 Å². The topological polar surface area (TPSA) is 78.9 Å². The van der Waals surface area contributed by atoms with Crippen molar-refractivity contribution in [3.63, 3.8) is 0 Å². The van der Waals surface area contributed by atoms with E-state index in [1.807, 2.05) is 55.5 Å². The molecule has 6 nitrogen and oxygen atoms in total. The minimum absolute atomic E-state index is 0.0122. The number of para-hydroxylation sites is 1. The number of carbonyl (C=O) groups is 2. The third-order valence-electron chi connectivity index (χ3n) is 5.35. The number of benzene rings is 2. The fraction of sp³-hybridized carbons (Fsp3) is 0.391. The number of urea groups is 1. The lowest BCUT2D eigenvalue weighted by atomic mass is 9.90. The molecule has 2 aromatic rings. The number of aliphatic hydroxyl groups is 1. The van der Waals surface area contributed by atoms with Crippen molar-refractivity contribution in [2.24, 2.45) is 0 Å². The number of aliphatic hydroxyl groups excluding tert-OH is 1. The number of rotatable bonds is 7. The van der Waals surface area contributed by atoms with Gasteiger partial charge in [-0.3, -0.25) is 9.69 Å². The molecule has 0 radical (unpaired) electrons. The highest BCUT2D eigenvalue weighted by atomic mass is 16.5. The molecule has 2 atom stereocenters. The molecule has 1 heterocycles. The van der Waals surface area contributed by atoms with Gasteiger partial charge in [0.25, 0.3) is 5.91 Å². The first-order valence-corrected chi connectivity index (χ1v) is 9.83. The molecule has 3 amide bonds. The van der Waals surface area contributed by atoms with Crippen LogP contribution in [0.1, 0.15) is 43.4 Å². The summed E-state index contributed by atoms with van der Waals surface area (Å²) in [5.41, 5.74) is 1.68. The van der Waals surface area contributed by atoms with Crippen LogP contribution in [0.15, 0.2) is 48.5 Å². The Kier molecular flexibility index (Phi) is 5.94. The summed E-state index contributed by atoms with van der Waals surface area (Å²) >= 11 is 0. The second-order valence-corrected chi connectivity index (χ2v) is 7.98. The van der Waals surface area contributed by atoms with Crippen LogP contribution in [0.2, 0.25) is 0 Å². The minimum Gasteiger partial charge on any atom is -0.491 e. The molecular formula is C23H28N2O4. The molecular weight excluding hydrogens is 368 g/mol. The van der Waals surface area contributed by atoms with E-state index in [1.54, 1.807) is 6.92 Å². The van der Waals surface area contributed by atoms with Crippen molar-refractivity contribution < 1.29 is 19.4 Å². The molecule has 154 valence electrons. The number of ether oxygens (including phenoxy) is 1. The summed E-state index contributed by atoms with van der Waals surface area (Å²) in [6.07, 6.45) is -0.991. The van der Waals surface area contributed by atoms with E-state index in [0.29, 0.717) is 17.2 Å². The number of nitrogens with one attached hydrogen (secondary N) is 1. The lowest BCUT2D eigenvalue weighted by molar-refractivity contribution is -0.132. The highest BCUT2D eigenvalue weighted by Gasteiger charge is 2.49. The number of aryl methyl sites for hydroxylation is 1. The fourth-order valence-corrected chi connectivity index (χ4v) is 3.43. The quantitative estimate of drug-likeness (QED) is 0.704. The van der Waals surface area contributed by atoms with Gasteiger partial charge in [0.05, 0.1) is 6.54 Å². The van der Waals surface area contributed by atoms with Gasteiger partial charge in [-0.05, 0) is 42.5 Å². The summed E-state index contributed by atoms with van der Waals surface area (Å²) in [5, 5.41) is 13.1. The SMILES string of the molecule is Cc1ccccc1OC[C@@H](O)CN1C(=O)N[C@@](C)(c2ccc(C(C)C)cc2)C1=O. The van der Waals surface area contributed by atoms with Crippen molar-refractivity contribution in [1.82, 2.24) is 10.2 Å². The maximum absolute atomic E-state index is 13.0. The molecule has 1 aliphatic rings. The summed E-state index contributed by atoms with van der Waals surface area (Å²) in [7, 11) is 0. The van der Waals surface area contributed by atoms with Crippen molar-refractivity contribution in [2.75, 3.05) is 13.2 Å². The van der Waals surface area contributed by atoms with Crippen molar-refractivity contribution in [3.05, 3.63) is 65.2 Å². The van der Waals surface area contributed by atoms with E-state index in [2.05, 4.69) is 19.2 Å². The normalized spacial score (nSPS) is 20.1. The lowest BCUT2D eigenvalue weighted by Crippen LogP contribution is -2.42. The van der Waals surface area contributed by atoms with Gasteiger partial charge in [0.2, 0.25) is 0 Å². The molecule has 0 spiro atoms. The Morgan fingerprint density at radius 1 is 1.10 bits per heavy atom. The van der Waals surface area contributed by atoms with Crippen LogP contribution < -0.4 is 10.1 Å². The van der Waals surface area contributed by atoms with Crippen LogP contribution in [0.25, 0.3) is 0 Å². The predicted octanol–water partition coefficient (Wildman–Crippen LogP) is 3.33. The van der Waals surface area contributed by atoms with Crippen LogP contribution in [0.3, 0.4) is 0 Å². The zero-order valence-electron chi connectivity index (χ0n) is 17.3. The van der Waals surface area contributed by atoms with Crippen LogP contribution in [0, 0.1) is 6.92 Å². The van der Waals surface area contributed by atoms with Gasteiger partial charge >= 0.3 is 6.03 Å². The average Bonchev–Trinajstić information content (AvgIpc) is 2.91. The first-order chi connectivity index (χ1) is 13.7. The second-order valence-electron chi connectivity index (χ2n) is 7.98. The van der Waals surface area contributed by atoms with Gasteiger partial charge in [-0.2, -0.15) is 0 Å². The van der Waals surface area contributed by atoms with Crippen molar-refractivity contribution in [2.45, 2.75) is 45.3 Å². The number of hydrogen-bond donors (Lipinski definition) is 2. The van der Waals surface area contributed by atoms with Gasteiger partial charge in [-0.15, -0.1) is 0 Å². The van der Waals surface area contributed by atoms with E-state index in [4.69, 9.17) is 4.74 Å². The Labute approximate surface area is 171 Å². The largest absolute Gasteiger partial charge is 0.491 e. The van der Waals surface area contributed by atoms with E-state index >= 15 is 0 Å². The van der Waals surface area contributed by atoms with E-state index < -0.39 is 17.7 Å². The molecule has 3 rings (SSSR count). The molecule has 0 bridgehead atoms. The fourth-order valence-electron chi connectivity index (χ4n) is 3.43. The third-order valence-corrected chi connectivity index (χ3v) is 5.35. The highest BCUT2D eigenvalue weighted by molar-refractivity contribution is 6.07. The zero-order chi connectivity index (χ0) is 21.2. The predicted molar refractivity (Wildman–Crippen MR) is 111 cm³/mol. The van der Waals surface area contributed by atoms with E-state index in [0.717, 1.165) is 16.0 Å². The summed E-state index contributed by atoms with van der Waals surface area (Å²) in [4.78, 5) is 26.5. The van der Waals surface area contributed by atoms with E-state index in [-0.39, 0.29) is 19.1 Å². The molecule has 0 aliphatic carbocycles.